The number of hydrogen-bond donors (Lipinski definition) is 1. The van der Waals surface area contributed by atoms with Crippen LogP contribution in [0.5, 0.6) is 11.5 Å². The Morgan fingerprint density at radius 1 is 1.33 bits per heavy atom. The largest absolute Gasteiger partial charge is 0.448 e. The zero-order valence-electron chi connectivity index (χ0n) is 10.9. The van der Waals surface area contributed by atoms with E-state index in [9.17, 15) is 10.1 Å². The third kappa shape index (κ3) is 3.60. The standard InChI is InChI=1S/C13H11Cl2N3O3/c1-7(16)11-3-2-8(6-17-11)21-13-5-10(15)9(14)4-12(13)18(19)20/h2-7H,16H2,1H3. The average Bonchev–Trinajstić information content (AvgIpc) is 2.43. The number of halogens is 2. The summed E-state index contributed by atoms with van der Waals surface area (Å²) in [4.78, 5) is 14.5. The number of ether oxygens (including phenoxy) is 1. The molecule has 0 radical (unpaired) electrons. The molecule has 2 rings (SSSR count). The Balaban J connectivity index is 2.34. The monoisotopic (exact) mass is 327 g/mol. The third-order valence-electron chi connectivity index (χ3n) is 2.65. The molecule has 6 nitrogen and oxygen atoms in total. The maximum Gasteiger partial charge on any atom is 0.313 e. The quantitative estimate of drug-likeness (QED) is 0.673. The fourth-order valence-electron chi connectivity index (χ4n) is 1.59. The number of benzene rings is 1. The molecule has 0 aliphatic carbocycles. The highest BCUT2D eigenvalue weighted by molar-refractivity contribution is 6.42. The van der Waals surface area contributed by atoms with Crippen LogP contribution in [0.15, 0.2) is 30.5 Å². The summed E-state index contributed by atoms with van der Waals surface area (Å²) in [5.41, 5.74) is 6.10. The van der Waals surface area contributed by atoms with Crippen molar-refractivity contribution in [2.24, 2.45) is 5.73 Å². The van der Waals surface area contributed by atoms with Gasteiger partial charge in [-0.25, -0.2) is 0 Å². The molecule has 110 valence electrons. The zero-order valence-corrected chi connectivity index (χ0v) is 12.4. The first-order valence-electron chi connectivity index (χ1n) is 5.91. The Hall–Kier alpha value is -1.89. The van der Waals surface area contributed by atoms with E-state index >= 15 is 0 Å². The smallest absolute Gasteiger partial charge is 0.313 e. The lowest BCUT2D eigenvalue weighted by Crippen LogP contribution is -2.06. The number of aromatic nitrogens is 1. The Labute approximate surface area is 130 Å². The summed E-state index contributed by atoms with van der Waals surface area (Å²) >= 11 is 11.6. The molecule has 1 aromatic carbocycles. The Morgan fingerprint density at radius 2 is 2.00 bits per heavy atom. The second kappa shape index (κ2) is 6.26. The molecular formula is C13H11Cl2N3O3. The predicted octanol–water partition coefficient (Wildman–Crippen LogP) is 4.11. The second-order valence-electron chi connectivity index (χ2n) is 4.30. The molecule has 2 aromatic rings. The molecule has 0 spiro atoms. The van der Waals surface area contributed by atoms with Gasteiger partial charge in [0.25, 0.3) is 0 Å². The summed E-state index contributed by atoms with van der Waals surface area (Å²) in [6.45, 7) is 1.80. The van der Waals surface area contributed by atoms with Gasteiger partial charge in [0.1, 0.15) is 5.75 Å². The molecule has 1 heterocycles. The molecule has 1 aromatic heterocycles. The summed E-state index contributed by atoms with van der Waals surface area (Å²) in [5, 5.41) is 11.3. The fraction of sp³-hybridized carbons (Fsp3) is 0.154. The van der Waals surface area contributed by atoms with Crippen LogP contribution in [-0.4, -0.2) is 9.91 Å². The van der Waals surface area contributed by atoms with Crippen molar-refractivity contribution < 1.29 is 9.66 Å². The van der Waals surface area contributed by atoms with E-state index in [4.69, 9.17) is 33.7 Å². The van der Waals surface area contributed by atoms with Gasteiger partial charge in [0.2, 0.25) is 5.75 Å². The first-order chi connectivity index (χ1) is 9.88. The molecule has 0 aliphatic heterocycles. The van der Waals surface area contributed by atoms with Gasteiger partial charge in [0, 0.05) is 18.2 Å². The van der Waals surface area contributed by atoms with Crippen LogP contribution < -0.4 is 10.5 Å². The first-order valence-corrected chi connectivity index (χ1v) is 6.67. The lowest BCUT2D eigenvalue weighted by atomic mass is 10.2. The minimum Gasteiger partial charge on any atom is -0.448 e. The van der Waals surface area contributed by atoms with E-state index in [1.54, 1.807) is 19.1 Å². The fourth-order valence-corrected chi connectivity index (χ4v) is 1.90. The molecule has 0 aliphatic rings. The van der Waals surface area contributed by atoms with Gasteiger partial charge >= 0.3 is 5.69 Å². The van der Waals surface area contributed by atoms with Crippen LogP contribution in [0.1, 0.15) is 18.7 Å². The molecule has 8 heteroatoms. The highest BCUT2D eigenvalue weighted by atomic mass is 35.5. The molecular weight excluding hydrogens is 317 g/mol. The van der Waals surface area contributed by atoms with Crippen LogP contribution in [0.4, 0.5) is 5.69 Å². The summed E-state index contributed by atoms with van der Waals surface area (Å²) in [7, 11) is 0. The Morgan fingerprint density at radius 3 is 2.52 bits per heavy atom. The molecule has 0 bridgehead atoms. The lowest BCUT2D eigenvalue weighted by Gasteiger charge is -2.09. The molecule has 1 unspecified atom stereocenters. The summed E-state index contributed by atoms with van der Waals surface area (Å²) in [6.07, 6.45) is 1.44. The van der Waals surface area contributed by atoms with Crippen molar-refractivity contribution in [3.8, 4) is 11.5 Å². The van der Waals surface area contributed by atoms with Gasteiger partial charge in [-0.2, -0.15) is 0 Å². The van der Waals surface area contributed by atoms with Gasteiger partial charge in [-0.3, -0.25) is 15.1 Å². The van der Waals surface area contributed by atoms with E-state index in [-0.39, 0.29) is 27.5 Å². The normalized spacial score (nSPS) is 12.0. The van der Waals surface area contributed by atoms with E-state index in [0.29, 0.717) is 11.4 Å². The van der Waals surface area contributed by atoms with Crippen molar-refractivity contribution in [1.29, 1.82) is 0 Å². The SMILES string of the molecule is CC(N)c1ccc(Oc2cc(Cl)c(Cl)cc2[N+](=O)[O-])cn1. The molecule has 0 fully saturated rings. The van der Waals surface area contributed by atoms with E-state index in [1.165, 1.54) is 12.3 Å². The van der Waals surface area contributed by atoms with Crippen molar-refractivity contribution in [3.63, 3.8) is 0 Å². The Kier molecular flexibility index (Phi) is 4.62. The van der Waals surface area contributed by atoms with Crippen molar-refractivity contribution in [2.45, 2.75) is 13.0 Å². The van der Waals surface area contributed by atoms with Crippen LogP contribution >= 0.6 is 23.2 Å². The average molecular weight is 328 g/mol. The lowest BCUT2D eigenvalue weighted by molar-refractivity contribution is -0.385. The molecule has 21 heavy (non-hydrogen) atoms. The molecule has 1 atom stereocenters. The summed E-state index contributed by atoms with van der Waals surface area (Å²) in [5.74, 6) is 0.325. The first kappa shape index (κ1) is 15.5. The summed E-state index contributed by atoms with van der Waals surface area (Å²) in [6, 6.07) is 5.53. The topological polar surface area (TPSA) is 91.3 Å². The maximum absolute atomic E-state index is 11.0. The number of nitro benzene ring substituents is 1. The minimum absolute atomic E-state index is 0.00949. The minimum atomic E-state index is -0.596. The molecule has 0 amide bonds. The number of rotatable bonds is 4. The zero-order chi connectivity index (χ0) is 15.6. The number of nitrogens with two attached hydrogens (primary N) is 1. The van der Waals surface area contributed by atoms with Gasteiger partial charge in [-0.15, -0.1) is 0 Å². The van der Waals surface area contributed by atoms with E-state index < -0.39 is 4.92 Å². The van der Waals surface area contributed by atoms with Gasteiger partial charge in [0.05, 0.1) is 26.9 Å². The third-order valence-corrected chi connectivity index (χ3v) is 3.37. The van der Waals surface area contributed by atoms with Gasteiger partial charge in [-0.05, 0) is 19.1 Å². The number of nitrogens with zero attached hydrogens (tertiary/aromatic N) is 2. The summed E-state index contributed by atoms with van der Waals surface area (Å²) < 4.78 is 5.45. The van der Waals surface area contributed by atoms with E-state index in [1.807, 2.05) is 0 Å². The van der Waals surface area contributed by atoms with Gasteiger partial charge in [-0.1, -0.05) is 23.2 Å². The van der Waals surface area contributed by atoms with Crippen molar-refractivity contribution in [3.05, 3.63) is 56.3 Å². The predicted molar refractivity (Wildman–Crippen MR) is 80.0 cm³/mol. The molecule has 0 saturated heterocycles. The van der Waals surface area contributed by atoms with E-state index in [0.717, 1.165) is 6.07 Å². The number of hydrogen-bond acceptors (Lipinski definition) is 5. The van der Waals surface area contributed by atoms with Crippen molar-refractivity contribution in [1.82, 2.24) is 4.98 Å². The van der Waals surface area contributed by atoms with Gasteiger partial charge in [0.15, 0.2) is 0 Å². The Bertz CT molecular complexity index is 675. The number of pyridine rings is 1. The highest BCUT2D eigenvalue weighted by Crippen LogP contribution is 2.37. The highest BCUT2D eigenvalue weighted by Gasteiger charge is 2.19. The van der Waals surface area contributed by atoms with Crippen molar-refractivity contribution in [2.75, 3.05) is 0 Å². The molecule has 2 N–H and O–H groups in total. The van der Waals surface area contributed by atoms with Crippen LogP contribution in [-0.2, 0) is 0 Å². The maximum atomic E-state index is 11.0. The van der Waals surface area contributed by atoms with Crippen LogP contribution in [0.2, 0.25) is 10.0 Å². The van der Waals surface area contributed by atoms with Crippen LogP contribution in [0, 0.1) is 10.1 Å². The van der Waals surface area contributed by atoms with Crippen LogP contribution in [0.3, 0.4) is 0 Å². The molecule has 0 saturated carbocycles. The van der Waals surface area contributed by atoms with Crippen molar-refractivity contribution >= 4 is 28.9 Å². The van der Waals surface area contributed by atoms with Gasteiger partial charge < -0.3 is 10.5 Å². The second-order valence-corrected chi connectivity index (χ2v) is 5.12. The van der Waals surface area contributed by atoms with E-state index in [2.05, 4.69) is 4.98 Å². The number of nitro groups is 1. The van der Waals surface area contributed by atoms with Crippen LogP contribution in [0.25, 0.3) is 0 Å².